The summed E-state index contributed by atoms with van der Waals surface area (Å²) in [7, 11) is 7.93. The van der Waals surface area contributed by atoms with Gasteiger partial charge < -0.3 is 20.3 Å². The third-order valence-electron chi connectivity index (χ3n) is 7.58. The van der Waals surface area contributed by atoms with E-state index in [1.165, 1.54) is 12.8 Å². The Morgan fingerprint density at radius 2 is 1.91 bits per heavy atom. The number of carbonyl (C=O) groups is 1. The Balaban J connectivity index is 1.51. The van der Waals surface area contributed by atoms with E-state index in [1.54, 1.807) is 6.20 Å². The Bertz CT molecular complexity index is 999. The van der Waals surface area contributed by atoms with Crippen molar-refractivity contribution in [2.75, 3.05) is 40.2 Å². The molecule has 174 valence electrons. The molecule has 32 heavy (non-hydrogen) atoms. The average Bonchev–Trinajstić information content (AvgIpc) is 3.10. The highest BCUT2D eigenvalue weighted by molar-refractivity contribution is 6.06. The Kier molecular flexibility index (Phi) is 5.42. The molecule has 4 aliphatic carbocycles. The number of aliphatic hydroxyl groups is 1. The zero-order valence-corrected chi connectivity index (χ0v) is 19.6. The summed E-state index contributed by atoms with van der Waals surface area (Å²) in [5.41, 5.74) is 1.89. The van der Waals surface area contributed by atoms with E-state index in [-0.39, 0.29) is 11.9 Å². The van der Waals surface area contributed by atoms with Gasteiger partial charge in [-0.1, -0.05) is 0 Å². The molecule has 6 rings (SSSR count). The largest absolute Gasteiger partial charge is 0.390 e. The standard InChI is InChI=1S/C24H36N6O2/c1-28(2)13-26-23(31)19-12-25-22-18(5-6-30(22)14-29(3)4)21(19)27-20-16-7-15-8-17(20)11-24(32,9-15)10-16/h5-6,12,15-17,20,32H,7-11,13-14H2,1-4H3,(H,25,27)(H,26,31)/t15?,16-,17+,20+,24-. The van der Waals surface area contributed by atoms with Gasteiger partial charge in [-0.25, -0.2) is 4.98 Å². The van der Waals surface area contributed by atoms with Crippen LogP contribution in [-0.4, -0.2) is 76.9 Å². The monoisotopic (exact) mass is 440 g/mol. The molecule has 1 amide bonds. The van der Waals surface area contributed by atoms with Crippen molar-refractivity contribution in [1.82, 2.24) is 24.7 Å². The van der Waals surface area contributed by atoms with Crippen molar-refractivity contribution in [3.05, 3.63) is 24.0 Å². The molecule has 5 atom stereocenters. The molecule has 4 aliphatic rings. The van der Waals surface area contributed by atoms with Crippen molar-refractivity contribution >= 4 is 22.6 Å². The van der Waals surface area contributed by atoms with Crippen molar-refractivity contribution < 1.29 is 9.90 Å². The lowest BCUT2D eigenvalue weighted by atomic mass is 9.52. The molecule has 2 aromatic rings. The number of rotatable bonds is 7. The minimum absolute atomic E-state index is 0.113. The minimum atomic E-state index is -0.469. The van der Waals surface area contributed by atoms with Gasteiger partial charge in [-0.2, -0.15) is 0 Å². The van der Waals surface area contributed by atoms with Crippen LogP contribution in [0.5, 0.6) is 0 Å². The highest BCUT2D eigenvalue weighted by Gasteiger charge is 2.54. The van der Waals surface area contributed by atoms with Crippen LogP contribution >= 0.6 is 0 Å². The topological polar surface area (TPSA) is 85.7 Å². The molecule has 0 aromatic carbocycles. The second-order valence-corrected chi connectivity index (χ2v) is 10.9. The summed E-state index contributed by atoms with van der Waals surface area (Å²) >= 11 is 0. The fourth-order valence-electron chi connectivity index (χ4n) is 6.59. The smallest absolute Gasteiger partial charge is 0.255 e. The molecule has 0 radical (unpaired) electrons. The van der Waals surface area contributed by atoms with Crippen LogP contribution in [0.15, 0.2) is 18.5 Å². The second kappa shape index (κ2) is 8.01. The Morgan fingerprint density at radius 1 is 1.19 bits per heavy atom. The van der Waals surface area contributed by atoms with Crippen LogP contribution in [0.4, 0.5) is 5.69 Å². The van der Waals surface area contributed by atoms with E-state index in [4.69, 9.17) is 0 Å². The summed E-state index contributed by atoms with van der Waals surface area (Å²) in [4.78, 5) is 21.8. The highest BCUT2D eigenvalue weighted by Crippen LogP contribution is 2.56. The summed E-state index contributed by atoms with van der Waals surface area (Å²) in [5.74, 6) is 1.45. The van der Waals surface area contributed by atoms with E-state index in [2.05, 4.69) is 31.2 Å². The Hall–Kier alpha value is -2.16. The molecule has 4 saturated carbocycles. The quantitative estimate of drug-likeness (QED) is 0.572. The molecular formula is C24H36N6O2. The average molecular weight is 441 g/mol. The van der Waals surface area contributed by atoms with Crippen LogP contribution in [0.1, 0.15) is 42.5 Å². The molecule has 8 heteroatoms. The third kappa shape index (κ3) is 3.89. The maximum atomic E-state index is 13.1. The van der Waals surface area contributed by atoms with Crippen LogP contribution in [0, 0.1) is 17.8 Å². The van der Waals surface area contributed by atoms with E-state index in [1.807, 2.05) is 39.3 Å². The van der Waals surface area contributed by atoms with Crippen LogP contribution in [-0.2, 0) is 6.67 Å². The van der Waals surface area contributed by atoms with Gasteiger partial charge in [0.1, 0.15) is 5.65 Å². The molecule has 8 nitrogen and oxygen atoms in total. The third-order valence-corrected chi connectivity index (χ3v) is 7.58. The maximum absolute atomic E-state index is 13.1. The van der Waals surface area contributed by atoms with E-state index in [0.29, 0.717) is 30.0 Å². The van der Waals surface area contributed by atoms with Crippen molar-refractivity contribution in [1.29, 1.82) is 0 Å². The number of carbonyl (C=O) groups excluding carboxylic acids is 1. The fraction of sp³-hybridized carbons (Fsp3) is 0.667. The maximum Gasteiger partial charge on any atom is 0.255 e. The summed E-state index contributed by atoms with van der Waals surface area (Å²) in [6.07, 6.45) is 8.82. The van der Waals surface area contributed by atoms with Crippen LogP contribution in [0.3, 0.4) is 0 Å². The zero-order valence-electron chi connectivity index (χ0n) is 19.6. The number of hydrogen-bond donors (Lipinski definition) is 3. The molecular weight excluding hydrogens is 404 g/mol. The minimum Gasteiger partial charge on any atom is -0.390 e. The first-order valence-corrected chi connectivity index (χ1v) is 11.8. The van der Waals surface area contributed by atoms with Gasteiger partial charge in [0.05, 0.1) is 30.2 Å². The molecule has 0 saturated heterocycles. The van der Waals surface area contributed by atoms with Crippen molar-refractivity contribution in [3.8, 4) is 0 Å². The fourth-order valence-corrected chi connectivity index (χ4v) is 6.59. The summed E-state index contributed by atoms with van der Waals surface area (Å²) < 4.78 is 2.11. The van der Waals surface area contributed by atoms with Crippen LogP contribution < -0.4 is 10.6 Å². The number of hydrogen-bond acceptors (Lipinski definition) is 6. The number of nitrogens with zero attached hydrogens (tertiary/aromatic N) is 4. The Morgan fingerprint density at radius 3 is 2.53 bits per heavy atom. The van der Waals surface area contributed by atoms with E-state index < -0.39 is 5.60 Å². The van der Waals surface area contributed by atoms with Gasteiger partial charge in [0.15, 0.2) is 0 Å². The van der Waals surface area contributed by atoms with Gasteiger partial charge in [-0.05, 0) is 84.1 Å². The molecule has 4 bridgehead atoms. The van der Waals surface area contributed by atoms with Gasteiger partial charge >= 0.3 is 0 Å². The first-order chi connectivity index (χ1) is 15.2. The van der Waals surface area contributed by atoms with Gasteiger partial charge in [-0.15, -0.1) is 0 Å². The molecule has 4 fully saturated rings. The van der Waals surface area contributed by atoms with Gasteiger partial charge in [-0.3, -0.25) is 14.6 Å². The first kappa shape index (κ1) is 21.7. The predicted octanol–water partition coefficient (Wildman–Crippen LogP) is 2.16. The number of nitrogens with one attached hydrogen (secondary N) is 2. The van der Waals surface area contributed by atoms with Gasteiger partial charge in [0.2, 0.25) is 0 Å². The number of fused-ring (bicyclic) bond motifs is 1. The lowest BCUT2D eigenvalue weighted by Crippen LogP contribution is -2.59. The van der Waals surface area contributed by atoms with Crippen molar-refractivity contribution in [2.45, 2.75) is 50.4 Å². The van der Waals surface area contributed by atoms with Crippen LogP contribution in [0.2, 0.25) is 0 Å². The lowest BCUT2D eigenvalue weighted by molar-refractivity contribution is -0.129. The molecule has 2 aromatic heterocycles. The van der Waals surface area contributed by atoms with E-state index in [0.717, 1.165) is 42.7 Å². The molecule has 3 N–H and O–H groups in total. The molecule has 1 unspecified atom stereocenters. The lowest BCUT2D eigenvalue weighted by Gasteiger charge is -2.58. The summed E-state index contributed by atoms with van der Waals surface area (Å²) in [5, 5.41) is 18.8. The number of aromatic nitrogens is 2. The first-order valence-electron chi connectivity index (χ1n) is 11.8. The van der Waals surface area contributed by atoms with Crippen molar-refractivity contribution in [2.24, 2.45) is 17.8 Å². The van der Waals surface area contributed by atoms with E-state index in [9.17, 15) is 9.90 Å². The normalized spacial score (nSPS) is 31.1. The van der Waals surface area contributed by atoms with Gasteiger partial charge in [0, 0.05) is 23.8 Å². The van der Waals surface area contributed by atoms with Gasteiger partial charge in [0.25, 0.3) is 5.91 Å². The SMILES string of the molecule is CN(C)CNC(=O)c1cnc2c(ccn2CN(C)C)c1N[C@H]1[C@@H]2CC3C[C@H]1C[C@@](O)(C3)C2. The van der Waals surface area contributed by atoms with Crippen molar-refractivity contribution in [3.63, 3.8) is 0 Å². The molecule has 2 heterocycles. The number of amides is 1. The summed E-state index contributed by atoms with van der Waals surface area (Å²) in [6, 6.07) is 2.36. The Labute approximate surface area is 190 Å². The highest BCUT2D eigenvalue weighted by atomic mass is 16.3. The van der Waals surface area contributed by atoms with E-state index >= 15 is 0 Å². The summed E-state index contributed by atoms with van der Waals surface area (Å²) in [6.45, 7) is 1.20. The predicted molar refractivity (Wildman–Crippen MR) is 125 cm³/mol. The number of pyridine rings is 1. The van der Waals surface area contributed by atoms with Crippen LogP contribution in [0.25, 0.3) is 11.0 Å². The molecule has 0 spiro atoms. The number of anilines is 1. The molecule has 0 aliphatic heterocycles. The zero-order chi connectivity index (χ0) is 22.6. The second-order valence-electron chi connectivity index (χ2n) is 10.9.